The third-order valence-electron chi connectivity index (χ3n) is 3.68. The molecule has 3 nitrogen and oxygen atoms in total. The first-order valence-electron chi connectivity index (χ1n) is 7.36. The number of aromatic nitrogens is 2. The van der Waals surface area contributed by atoms with Gasteiger partial charge in [0.15, 0.2) is 0 Å². The fourth-order valence-corrected chi connectivity index (χ4v) is 4.69. The van der Waals surface area contributed by atoms with E-state index in [1.807, 2.05) is 24.4 Å². The van der Waals surface area contributed by atoms with Gasteiger partial charge in [0.2, 0.25) is 0 Å². The Balaban J connectivity index is 2.40. The van der Waals surface area contributed by atoms with Crippen molar-refractivity contribution in [3.05, 3.63) is 38.6 Å². The van der Waals surface area contributed by atoms with Crippen molar-refractivity contribution in [2.75, 3.05) is 6.67 Å². The van der Waals surface area contributed by atoms with Crippen molar-refractivity contribution in [2.24, 2.45) is 0 Å². The highest BCUT2D eigenvalue weighted by molar-refractivity contribution is 7.20. The van der Waals surface area contributed by atoms with E-state index in [9.17, 15) is 9.18 Å². The Bertz CT molecular complexity index is 849. The van der Waals surface area contributed by atoms with Gasteiger partial charge < -0.3 is 0 Å². The molecule has 0 aliphatic carbocycles. The van der Waals surface area contributed by atoms with Gasteiger partial charge in [-0.25, -0.2) is 9.37 Å². The first-order chi connectivity index (χ1) is 10.7. The number of aryl methyl sites for hydroxylation is 2. The van der Waals surface area contributed by atoms with Crippen LogP contribution in [0, 0.1) is 0 Å². The summed E-state index contributed by atoms with van der Waals surface area (Å²) in [7, 11) is 0. The zero-order valence-electron chi connectivity index (χ0n) is 12.6. The van der Waals surface area contributed by atoms with Crippen LogP contribution in [-0.2, 0) is 19.4 Å². The molecule has 0 aliphatic rings. The Morgan fingerprint density at radius 2 is 2.14 bits per heavy atom. The van der Waals surface area contributed by atoms with Crippen LogP contribution in [0.15, 0.2) is 22.3 Å². The normalized spacial score (nSPS) is 11.4. The molecule has 0 atom stereocenters. The molecule has 3 heterocycles. The minimum Gasteiger partial charge on any atom is -0.293 e. The average molecular weight is 336 g/mol. The third kappa shape index (κ3) is 2.40. The van der Waals surface area contributed by atoms with E-state index in [-0.39, 0.29) is 12.1 Å². The van der Waals surface area contributed by atoms with Crippen molar-refractivity contribution in [1.82, 2.24) is 9.55 Å². The molecule has 0 saturated heterocycles. The Kier molecular flexibility index (Phi) is 4.40. The first-order valence-corrected chi connectivity index (χ1v) is 9.05. The highest BCUT2D eigenvalue weighted by atomic mass is 32.1. The standard InChI is InChI=1S/C16H17FN2OS2/c1-3-10-13(11-6-5-9-21-11)14-15(22-10)18-12(4-2)19(8-7-17)16(14)20/h5-6,9H,3-4,7-8H2,1-2H3. The van der Waals surface area contributed by atoms with E-state index in [2.05, 4.69) is 11.9 Å². The lowest BCUT2D eigenvalue weighted by Crippen LogP contribution is -2.25. The molecule has 0 unspecified atom stereocenters. The summed E-state index contributed by atoms with van der Waals surface area (Å²) in [6.45, 7) is 3.55. The van der Waals surface area contributed by atoms with Gasteiger partial charge in [0.25, 0.3) is 5.56 Å². The summed E-state index contributed by atoms with van der Waals surface area (Å²) in [5.41, 5.74) is 0.879. The second-order valence-electron chi connectivity index (χ2n) is 4.94. The third-order valence-corrected chi connectivity index (χ3v) is 5.79. The predicted molar refractivity (Wildman–Crippen MR) is 91.9 cm³/mol. The van der Waals surface area contributed by atoms with Gasteiger partial charge in [-0.15, -0.1) is 22.7 Å². The highest BCUT2D eigenvalue weighted by Gasteiger charge is 2.20. The van der Waals surface area contributed by atoms with E-state index in [1.54, 1.807) is 22.7 Å². The van der Waals surface area contributed by atoms with Crippen LogP contribution in [0.25, 0.3) is 20.7 Å². The first kappa shape index (κ1) is 15.4. The number of rotatable bonds is 5. The summed E-state index contributed by atoms with van der Waals surface area (Å²) in [6, 6.07) is 4.01. The topological polar surface area (TPSA) is 34.9 Å². The lowest BCUT2D eigenvalue weighted by atomic mass is 10.1. The zero-order chi connectivity index (χ0) is 15.7. The van der Waals surface area contributed by atoms with E-state index in [1.165, 1.54) is 9.44 Å². The molecule has 0 amide bonds. The molecule has 0 radical (unpaired) electrons. The van der Waals surface area contributed by atoms with Crippen molar-refractivity contribution >= 4 is 32.9 Å². The molecule has 3 rings (SSSR count). The van der Waals surface area contributed by atoms with Crippen LogP contribution in [0.4, 0.5) is 4.39 Å². The largest absolute Gasteiger partial charge is 0.293 e. The summed E-state index contributed by atoms with van der Waals surface area (Å²) < 4.78 is 14.3. The second kappa shape index (κ2) is 6.30. The van der Waals surface area contributed by atoms with Crippen LogP contribution in [0.2, 0.25) is 0 Å². The smallest absolute Gasteiger partial charge is 0.263 e. The molecule has 0 spiro atoms. The number of hydrogen-bond donors (Lipinski definition) is 0. The van der Waals surface area contributed by atoms with Crippen LogP contribution in [-0.4, -0.2) is 16.2 Å². The molecule has 22 heavy (non-hydrogen) atoms. The quantitative estimate of drug-likeness (QED) is 0.697. The van der Waals surface area contributed by atoms with Crippen LogP contribution < -0.4 is 5.56 Å². The van der Waals surface area contributed by atoms with E-state index >= 15 is 0 Å². The number of alkyl halides is 1. The molecule has 0 N–H and O–H groups in total. The fourth-order valence-electron chi connectivity index (χ4n) is 2.69. The monoisotopic (exact) mass is 336 g/mol. The molecular weight excluding hydrogens is 319 g/mol. The number of thiophene rings is 2. The van der Waals surface area contributed by atoms with Gasteiger partial charge in [0.1, 0.15) is 17.3 Å². The van der Waals surface area contributed by atoms with Gasteiger partial charge in [0, 0.05) is 21.7 Å². The summed E-state index contributed by atoms with van der Waals surface area (Å²) in [5.74, 6) is 0.664. The fraction of sp³-hybridized carbons (Fsp3) is 0.375. The molecule has 6 heteroatoms. The average Bonchev–Trinajstić information content (AvgIpc) is 3.16. The van der Waals surface area contributed by atoms with E-state index in [0.717, 1.165) is 21.7 Å². The SMILES string of the molecule is CCc1sc2nc(CC)n(CCF)c(=O)c2c1-c1cccs1. The van der Waals surface area contributed by atoms with Crippen LogP contribution in [0.1, 0.15) is 24.5 Å². The Morgan fingerprint density at radius 1 is 1.32 bits per heavy atom. The summed E-state index contributed by atoms with van der Waals surface area (Å²) in [6.07, 6.45) is 1.48. The maximum Gasteiger partial charge on any atom is 0.263 e. The maximum absolute atomic E-state index is 12.9. The second-order valence-corrected chi connectivity index (χ2v) is 6.97. The van der Waals surface area contributed by atoms with Crippen molar-refractivity contribution in [3.8, 4) is 10.4 Å². The van der Waals surface area contributed by atoms with Crippen LogP contribution in [0.5, 0.6) is 0 Å². The molecule has 0 aliphatic heterocycles. The van der Waals surface area contributed by atoms with Crippen molar-refractivity contribution < 1.29 is 4.39 Å². The minimum atomic E-state index is -0.556. The van der Waals surface area contributed by atoms with Gasteiger partial charge >= 0.3 is 0 Å². The molecule has 3 aromatic heterocycles. The van der Waals surface area contributed by atoms with Gasteiger partial charge in [-0.3, -0.25) is 9.36 Å². The van der Waals surface area contributed by atoms with E-state index < -0.39 is 6.67 Å². The predicted octanol–water partition coefficient (Wildman–Crippen LogP) is 4.28. The molecular formula is C16H17FN2OS2. The van der Waals surface area contributed by atoms with Crippen molar-refractivity contribution in [2.45, 2.75) is 33.2 Å². The van der Waals surface area contributed by atoms with E-state index in [0.29, 0.717) is 17.6 Å². The van der Waals surface area contributed by atoms with Crippen molar-refractivity contribution in [3.63, 3.8) is 0 Å². The van der Waals surface area contributed by atoms with E-state index in [4.69, 9.17) is 0 Å². The lowest BCUT2D eigenvalue weighted by Gasteiger charge is -2.09. The molecule has 0 bridgehead atoms. The lowest BCUT2D eigenvalue weighted by molar-refractivity contribution is 0.432. The summed E-state index contributed by atoms with van der Waals surface area (Å²) >= 11 is 3.20. The molecule has 116 valence electrons. The van der Waals surface area contributed by atoms with Crippen molar-refractivity contribution in [1.29, 1.82) is 0 Å². The van der Waals surface area contributed by atoms with Gasteiger partial charge in [-0.2, -0.15) is 0 Å². The summed E-state index contributed by atoms with van der Waals surface area (Å²) in [5, 5.41) is 2.65. The van der Waals surface area contributed by atoms with Gasteiger partial charge in [-0.05, 0) is 17.9 Å². The highest BCUT2D eigenvalue weighted by Crippen LogP contribution is 2.38. The maximum atomic E-state index is 12.9. The van der Waals surface area contributed by atoms with Gasteiger partial charge in [0.05, 0.1) is 11.9 Å². The molecule has 0 fully saturated rings. The molecule has 3 aromatic rings. The van der Waals surface area contributed by atoms with Crippen LogP contribution in [0.3, 0.4) is 0 Å². The number of fused-ring (bicyclic) bond motifs is 1. The Labute approximate surface area is 136 Å². The number of nitrogens with zero attached hydrogens (tertiary/aromatic N) is 2. The molecule has 0 saturated carbocycles. The Hall–Kier alpha value is -1.53. The molecule has 0 aromatic carbocycles. The summed E-state index contributed by atoms with van der Waals surface area (Å²) in [4.78, 5) is 20.6. The van der Waals surface area contributed by atoms with Gasteiger partial charge in [-0.1, -0.05) is 19.9 Å². The minimum absolute atomic E-state index is 0.0755. The zero-order valence-corrected chi connectivity index (χ0v) is 14.2. The number of halogens is 1. The van der Waals surface area contributed by atoms with Crippen LogP contribution >= 0.6 is 22.7 Å². The number of hydrogen-bond acceptors (Lipinski definition) is 4. The Morgan fingerprint density at radius 3 is 2.73 bits per heavy atom.